The summed E-state index contributed by atoms with van der Waals surface area (Å²) in [4.78, 5) is 10.4. The highest BCUT2D eigenvalue weighted by atomic mass is 32.2. The van der Waals surface area contributed by atoms with E-state index in [1.165, 1.54) is 6.92 Å². The van der Waals surface area contributed by atoms with E-state index in [0.29, 0.717) is 0 Å². The van der Waals surface area contributed by atoms with Gasteiger partial charge in [0.1, 0.15) is 0 Å². The average molecular weight is 232 g/mol. The van der Waals surface area contributed by atoms with Crippen LogP contribution in [0.5, 0.6) is 0 Å². The van der Waals surface area contributed by atoms with Crippen LogP contribution in [-0.2, 0) is 14.5 Å². The second kappa shape index (κ2) is 8.42. The van der Waals surface area contributed by atoms with E-state index in [0.717, 1.165) is 0 Å². The number of hydrogen-bond donors (Lipinski definition) is 0. The van der Waals surface area contributed by atoms with Crippen molar-refractivity contribution in [3.63, 3.8) is 0 Å². The Hall–Kier alpha value is -0.890. The number of nitrogens with zero attached hydrogens (tertiary/aromatic N) is 2. The normalized spacial score (nSPS) is 26.5. The Balaban J connectivity index is 0. The van der Waals surface area contributed by atoms with Crippen molar-refractivity contribution in [3.8, 4) is 6.07 Å². The molecule has 0 aromatic rings. The number of nitriles is 1. The van der Waals surface area contributed by atoms with Crippen LogP contribution in [0.4, 0.5) is 0 Å². The van der Waals surface area contributed by atoms with Crippen LogP contribution in [0.25, 0.3) is 0 Å². The summed E-state index contributed by atoms with van der Waals surface area (Å²) >= 11 is 0. The van der Waals surface area contributed by atoms with Gasteiger partial charge in [-0.3, -0.25) is 4.79 Å². The van der Waals surface area contributed by atoms with Crippen molar-refractivity contribution in [2.24, 2.45) is 10.3 Å². The van der Waals surface area contributed by atoms with E-state index >= 15 is 0 Å². The molecule has 4 nitrogen and oxygen atoms in total. The van der Waals surface area contributed by atoms with Gasteiger partial charge < -0.3 is 0 Å². The standard InChI is InChI=1S/C6H8N2O2S.2C2H6/c1-5(9)8-11(10)3-6(2-7)4-11;2*1-2/h6H,3-4H2,1H3;2*1-2H3. The van der Waals surface area contributed by atoms with Gasteiger partial charge >= 0.3 is 0 Å². The average Bonchev–Trinajstić information content (AvgIpc) is 2.19. The summed E-state index contributed by atoms with van der Waals surface area (Å²) in [6.45, 7) is 9.27. The van der Waals surface area contributed by atoms with Crippen LogP contribution < -0.4 is 0 Å². The summed E-state index contributed by atoms with van der Waals surface area (Å²) in [5.41, 5.74) is 0. The molecule has 0 spiro atoms. The Morgan fingerprint density at radius 1 is 1.33 bits per heavy atom. The molecule has 1 rings (SSSR count). The number of hydrogen-bond acceptors (Lipinski definition) is 3. The maximum absolute atomic E-state index is 11.3. The van der Waals surface area contributed by atoms with Gasteiger partial charge in [0.15, 0.2) is 0 Å². The van der Waals surface area contributed by atoms with Crippen molar-refractivity contribution in [1.82, 2.24) is 0 Å². The molecule has 0 aliphatic carbocycles. The second-order valence-corrected chi connectivity index (χ2v) is 4.94. The molecular weight excluding hydrogens is 212 g/mol. The first kappa shape index (κ1) is 16.5. The largest absolute Gasteiger partial charge is 0.272 e. The maximum Gasteiger partial charge on any atom is 0.250 e. The molecule has 0 unspecified atom stereocenters. The van der Waals surface area contributed by atoms with E-state index in [1.54, 1.807) is 0 Å². The second-order valence-electron chi connectivity index (χ2n) is 2.54. The summed E-state index contributed by atoms with van der Waals surface area (Å²) in [6, 6.07) is 1.98. The van der Waals surface area contributed by atoms with Gasteiger partial charge in [0.05, 0.1) is 21.7 Å². The molecule has 88 valence electrons. The molecular formula is C10H20N2O2S. The van der Waals surface area contributed by atoms with Crippen molar-refractivity contribution in [2.75, 3.05) is 11.5 Å². The maximum atomic E-state index is 11.3. The first-order valence-corrected chi connectivity index (χ1v) is 7.04. The third kappa shape index (κ3) is 6.24. The summed E-state index contributed by atoms with van der Waals surface area (Å²) in [7, 11) is -2.30. The Bertz CT molecular complexity index is 324. The fourth-order valence-corrected chi connectivity index (χ4v) is 2.89. The Morgan fingerprint density at radius 2 is 1.73 bits per heavy atom. The van der Waals surface area contributed by atoms with E-state index in [9.17, 15) is 9.00 Å². The van der Waals surface area contributed by atoms with E-state index in [1.807, 2.05) is 33.8 Å². The zero-order valence-corrected chi connectivity index (χ0v) is 10.9. The van der Waals surface area contributed by atoms with Crippen LogP contribution in [0.2, 0.25) is 0 Å². The van der Waals surface area contributed by atoms with Gasteiger partial charge in [0.2, 0.25) is 0 Å². The van der Waals surface area contributed by atoms with Crippen LogP contribution in [0.3, 0.4) is 0 Å². The van der Waals surface area contributed by atoms with Gasteiger partial charge in [-0.15, -0.1) is 0 Å². The van der Waals surface area contributed by atoms with Gasteiger partial charge in [-0.25, -0.2) is 4.21 Å². The lowest BCUT2D eigenvalue weighted by Gasteiger charge is -2.22. The van der Waals surface area contributed by atoms with Crippen molar-refractivity contribution >= 4 is 15.6 Å². The van der Waals surface area contributed by atoms with Gasteiger partial charge in [-0.05, 0) is 0 Å². The lowest BCUT2D eigenvalue weighted by Crippen LogP contribution is -2.35. The monoisotopic (exact) mass is 232 g/mol. The lowest BCUT2D eigenvalue weighted by molar-refractivity contribution is -0.115. The van der Waals surface area contributed by atoms with Crippen LogP contribution >= 0.6 is 0 Å². The lowest BCUT2D eigenvalue weighted by atomic mass is 10.2. The molecule has 0 N–H and O–H groups in total. The van der Waals surface area contributed by atoms with Gasteiger partial charge in [0.25, 0.3) is 5.91 Å². The zero-order chi connectivity index (χ0) is 12.5. The van der Waals surface area contributed by atoms with Crippen LogP contribution in [0.15, 0.2) is 4.36 Å². The number of rotatable bonds is 0. The summed E-state index contributed by atoms with van der Waals surface area (Å²) in [5, 5.41) is 8.35. The molecule has 0 aromatic heterocycles. The Kier molecular flexibility index (Phi) is 9.28. The quantitative estimate of drug-likeness (QED) is 0.643. The molecule has 5 heteroatoms. The fourth-order valence-electron chi connectivity index (χ4n) is 0.963. The molecule has 1 saturated heterocycles. The molecule has 0 atom stereocenters. The molecule has 1 aliphatic heterocycles. The van der Waals surface area contributed by atoms with Crippen molar-refractivity contribution < 1.29 is 9.00 Å². The number of carbonyl (C=O) groups is 1. The Morgan fingerprint density at radius 3 is 2.00 bits per heavy atom. The minimum Gasteiger partial charge on any atom is -0.272 e. The highest BCUT2D eigenvalue weighted by molar-refractivity contribution is 7.95. The molecule has 1 heterocycles. The highest BCUT2D eigenvalue weighted by Gasteiger charge is 2.31. The molecule has 1 amide bonds. The molecule has 0 aromatic carbocycles. The van der Waals surface area contributed by atoms with Crippen molar-refractivity contribution in [1.29, 1.82) is 5.26 Å². The predicted molar refractivity (Wildman–Crippen MR) is 62.8 cm³/mol. The van der Waals surface area contributed by atoms with Gasteiger partial charge in [-0.2, -0.15) is 9.62 Å². The first-order valence-electron chi connectivity index (χ1n) is 5.18. The van der Waals surface area contributed by atoms with Gasteiger partial charge in [-0.1, -0.05) is 27.7 Å². The van der Waals surface area contributed by atoms with E-state index in [2.05, 4.69) is 4.36 Å². The molecule has 15 heavy (non-hydrogen) atoms. The summed E-state index contributed by atoms with van der Waals surface area (Å²) in [5.74, 6) is -0.0383. The highest BCUT2D eigenvalue weighted by Crippen LogP contribution is 2.19. The molecule has 0 saturated carbocycles. The predicted octanol–water partition coefficient (Wildman–Crippen LogP) is 2.21. The van der Waals surface area contributed by atoms with Crippen molar-refractivity contribution in [3.05, 3.63) is 0 Å². The van der Waals surface area contributed by atoms with Crippen LogP contribution in [0, 0.1) is 17.2 Å². The van der Waals surface area contributed by atoms with Gasteiger partial charge in [0, 0.05) is 18.4 Å². The van der Waals surface area contributed by atoms with Crippen LogP contribution in [0.1, 0.15) is 34.6 Å². The third-order valence-electron chi connectivity index (χ3n) is 1.40. The van der Waals surface area contributed by atoms with E-state index in [4.69, 9.17) is 5.26 Å². The van der Waals surface area contributed by atoms with E-state index in [-0.39, 0.29) is 17.4 Å². The fraction of sp³-hybridized carbons (Fsp3) is 0.800. The minimum absolute atomic E-state index is 0.161. The number of amides is 1. The Labute approximate surface area is 92.9 Å². The van der Waals surface area contributed by atoms with Crippen molar-refractivity contribution in [2.45, 2.75) is 34.6 Å². The minimum atomic E-state index is -2.30. The molecule has 1 fully saturated rings. The summed E-state index contributed by atoms with van der Waals surface area (Å²) < 4.78 is 14.7. The smallest absolute Gasteiger partial charge is 0.250 e. The topological polar surface area (TPSA) is 70.3 Å². The molecule has 0 radical (unpaired) electrons. The third-order valence-corrected chi connectivity index (χ3v) is 3.84. The number of carbonyl (C=O) groups excluding carboxylic acids is 1. The molecule has 1 aliphatic rings. The SMILES string of the molecule is CC.CC.CC(=O)N=S1(=O)CC(C#N)C1. The summed E-state index contributed by atoms with van der Waals surface area (Å²) in [6.07, 6.45) is 0. The van der Waals surface area contributed by atoms with E-state index < -0.39 is 15.6 Å². The molecule has 0 bridgehead atoms. The van der Waals surface area contributed by atoms with Crippen LogP contribution in [-0.4, -0.2) is 21.6 Å². The first-order chi connectivity index (χ1) is 7.06. The zero-order valence-electron chi connectivity index (χ0n) is 10.1.